The van der Waals surface area contributed by atoms with Crippen LogP contribution >= 0.6 is 0 Å². The first-order chi connectivity index (χ1) is 8.59. The van der Waals surface area contributed by atoms with Crippen LogP contribution in [0.15, 0.2) is 30.3 Å². The summed E-state index contributed by atoms with van der Waals surface area (Å²) in [6, 6.07) is 7.55. The predicted molar refractivity (Wildman–Crippen MR) is 63.7 cm³/mol. The van der Waals surface area contributed by atoms with E-state index in [2.05, 4.69) is 5.32 Å². The van der Waals surface area contributed by atoms with Crippen LogP contribution in [0, 0.1) is 5.92 Å². The van der Waals surface area contributed by atoms with Crippen LogP contribution in [0.5, 0.6) is 0 Å². The topological polar surface area (TPSA) is 86.6 Å². The minimum atomic E-state index is -1.33. The Labute approximate surface area is 104 Å². The Hall–Kier alpha value is -1.88. The van der Waals surface area contributed by atoms with Crippen LogP contribution in [0.2, 0.25) is 0 Å². The monoisotopic (exact) mass is 249 g/mol. The van der Waals surface area contributed by atoms with E-state index in [0.717, 1.165) is 12.8 Å². The molecule has 0 spiro atoms. The highest BCUT2D eigenvalue weighted by atomic mass is 16.4. The fraction of sp³-hybridized carbons (Fsp3) is 0.385. The molecule has 18 heavy (non-hydrogen) atoms. The number of rotatable bonds is 5. The van der Waals surface area contributed by atoms with Crippen LogP contribution < -0.4 is 5.32 Å². The standard InChI is InChI=1S/C13H15NO4/c15-11(9-4-2-1-3-5-9)12(16)14-10(13(17)18)8-6-7-8/h1-5,8,10-11,15H,6-7H2,(H,14,16)(H,17,18). The van der Waals surface area contributed by atoms with Gasteiger partial charge in [-0.25, -0.2) is 4.79 Å². The fourth-order valence-corrected chi connectivity index (χ4v) is 1.83. The van der Waals surface area contributed by atoms with Crippen molar-refractivity contribution in [1.29, 1.82) is 0 Å². The zero-order chi connectivity index (χ0) is 13.1. The number of nitrogens with one attached hydrogen (secondary N) is 1. The van der Waals surface area contributed by atoms with E-state index in [1.54, 1.807) is 30.3 Å². The number of hydrogen-bond acceptors (Lipinski definition) is 3. The number of carboxylic acids is 1. The summed E-state index contributed by atoms with van der Waals surface area (Å²) in [5, 5.41) is 21.2. The van der Waals surface area contributed by atoms with Crippen LogP contribution in [-0.2, 0) is 9.59 Å². The third kappa shape index (κ3) is 2.87. The van der Waals surface area contributed by atoms with E-state index in [9.17, 15) is 14.7 Å². The summed E-state index contributed by atoms with van der Waals surface area (Å²) in [6.07, 6.45) is 0.281. The zero-order valence-electron chi connectivity index (χ0n) is 9.74. The van der Waals surface area contributed by atoms with Gasteiger partial charge in [-0.05, 0) is 24.3 Å². The van der Waals surface area contributed by atoms with E-state index in [1.807, 2.05) is 0 Å². The Bertz CT molecular complexity index is 442. The van der Waals surface area contributed by atoms with Gasteiger partial charge in [-0.3, -0.25) is 4.79 Å². The Morgan fingerprint density at radius 3 is 2.33 bits per heavy atom. The molecule has 1 aliphatic rings. The first kappa shape index (κ1) is 12.6. The number of benzene rings is 1. The molecule has 1 aromatic carbocycles. The van der Waals surface area contributed by atoms with Gasteiger partial charge >= 0.3 is 5.97 Å². The third-order valence-corrected chi connectivity index (χ3v) is 3.02. The minimum Gasteiger partial charge on any atom is -0.480 e. The van der Waals surface area contributed by atoms with Crippen molar-refractivity contribution in [2.24, 2.45) is 5.92 Å². The van der Waals surface area contributed by atoms with Crippen molar-refractivity contribution in [2.45, 2.75) is 25.0 Å². The molecule has 1 aliphatic carbocycles. The van der Waals surface area contributed by atoms with E-state index in [0.29, 0.717) is 5.56 Å². The highest BCUT2D eigenvalue weighted by Gasteiger charge is 2.38. The number of amides is 1. The molecule has 2 unspecified atom stereocenters. The summed E-state index contributed by atoms with van der Waals surface area (Å²) >= 11 is 0. The van der Waals surface area contributed by atoms with Gasteiger partial charge in [0.2, 0.25) is 0 Å². The summed E-state index contributed by atoms with van der Waals surface area (Å²) < 4.78 is 0. The van der Waals surface area contributed by atoms with Crippen molar-refractivity contribution in [3.05, 3.63) is 35.9 Å². The molecule has 3 N–H and O–H groups in total. The molecule has 2 rings (SSSR count). The molecule has 1 fully saturated rings. The second-order valence-electron chi connectivity index (χ2n) is 4.48. The number of aliphatic carboxylic acids is 1. The lowest BCUT2D eigenvalue weighted by Gasteiger charge is -2.16. The summed E-state index contributed by atoms with van der Waals surface area (Å²) in [4.78, 5) is 22.7. The van der Waals surface area contributed by atoms with Gasteiger partial charge in [0.1, 0.15) is 6.04 Å². The average Bonchev–Trinajstić information content (AvgIpc) is 3.19. The van der Waals surface area contributed by atoms with E-state index in [-0.39, 0.29) is 5.92 Å². The lowest BCUT2D eigenvalue weighted by Crippen LogP contribution is -2.44. The van der Waals surface area contributed by atoms with E-state index >= 15 is 0 Å². The molecule has 1 aromatic rings. The molecule has 96 valence electrons. The van der Waals surface area contributed by atoms with E-state index in [1.165, 1.54) is 0 Å². The maximum atomic E-state index is 11.8. The van der Waals surface area contributed by atoms with Gasteiger partial charge in [0.25, 0.3) is 5.91 Å². The van der Waals surface area contributed by atoms with Crippen LogP contribution in [-0.4, -0.2) is 28.1 Å². The number of hydrogen-bond donors (Lipinski definition) is 3. The molecule has 0 bridgehead atoms. The minimum absolute atomic E-state index is 0.00516. The van der Waals surface area contributed by atoms with Gasteiger partial charge in [-0.1, -0.05) is 30.3 Å². The predicted octanol–water partition coefficient (Wildman–Crippen LogP) is 0.699. The fourth-order valence-electron chi connectivity index (χ4n) is 1.83. The summed E-state index contributed by atoms with van der Waals surface area (Å²) in [7, 11) is 0. The quantitative estimate of drug-likeness (QED) is 0.717. The molecule has 0 aliphatic heterocycles. The molecule has 0 aromatic heterocycles. The summed E-state index contributed by atoms with van der Waals surface area (Å²) in [6.45, 7) is 0. The highest BCUT2D eigenvalue weighted by molar-refractivity contribution is 5.87. The molecule has 5 nitrogen and oxygen atoms in total. The van der Waals surface area contributed by atoms with Crippen molar-refractivity contribution in [3.63, 3.8) is 0 Å². The lowest BCUT2D eigenvalue weighted by molar-refractivity contribution is -0.144. The van der Waals surface area contributed by atoms with Crippen LogP contribution in [0.25, 0.3) is 0 Å². The molecule has 5 heteroatoms. The van der Waals surface area contributed by atoms with Crippen molar-refractivity contribution in [3.8, 4) is 0 Å². The number of carboxylic acid groups (broad SMARTS) is 1. The highest BCUT2D eigenvalue weighted by Crippen LogP contribution is 2.33. The van der Waals surface area contributed by atoms with Crippen molar-refractivity contribution in [2.75, 3.05) is 0 Å². The largest absolute Gasteiger partial charge is 0.480 e. The summed E-state index contributed by atoms with van der Waals surface area (Å²) in [5.74, 6) is -1.72. The smallest absolute Gasteiger partial charge is 0.326 e. The first-order valence-corrected chi connectivity index (χ1v) is 5.86. The van der Waals surface area contributed by atoms with Crippen LogP contribution in [0.1, 0.15) is 24.5 Å². The molecule has 0 heterocycles. The van der Waals surface area contributed by atoms with Gasteiger partial charge < -0.3 is 15.5 Å². The SMILES string of the molecule is O=C(NC(C(=O)O)C1CC1)C(O)c1ccccc1. The zero-order valence-corrected chi connectivity index (χ0v) is 9.74. The van der Waals surface area contributed by atoms with Crippen molar-refractivity contribution >= 4 is 11.9 Å². The van der Waals surface area contributed by atoms with Gasteiger partial charge in [0.05, 0.1) is 0 Å². The third-order valence-electron chi connectivity index (χ3n) is 3.02. The van der Waals surface area contributed by atoms with Gasteiger partial charge in [0.15, 0.2) is 6.10 Å². The van der Waals surface area contributed by atoms with E-state index < -0.39 is 24.0 Å². The Kier molecular flexibility index (Phi) is 3.62. The van der Waals surface area contributed by atoms with Crippen LogP contribution in [0.4, 0.5) is 0 Å². The normalized spacial score (nSPS) is 17.8. The van der Waals surface area contributed by atoms with Crippen LogP contribution in [0.3, 0.4) is 0 Å². The number of aliphatic hydroxyl groups is 1. The average molecular weight is 249 g/mol. The molecule has 1 amide bonds. The number of carbonyl (C=O) groups is 2. The lowest BCUT2D eigenvalue weighted by atomic mass is 10.1. The molecule has 1 saturated carbocycles. The van der Waals surface area contributed by atoms with E-state index in [4.69, 9.17) is 5.11 Å². The molecule has 0 saturated heterocycles. The Balaban J connectivity index is 2.00. The maximum absolute atomic E-state index is 11.8. The summed E-state index contributed by atoms with van der Waals surface area (Å²) in [5.41, 5.74) is 0.454. The molecular weight excluding hydrogens is 234 g/mol. The number of aliphatic hydroxyl groups excluding tert-OH is 1. The molecule has 0 radical (unpaired) electrons. The second kappa shape index (κ2) is 5.18. The van der Waals surface area contributed by atoms with Gasteiger partial charge in [0, 0.05) is 0 Å². The Morgan fingerprint density at radius 1 is 1.22 bits per heavy atom. The molecule has 2 atom stereocenters. The first-order valence-electron chi connectivity index (χ1n) is 5.86. The van der Waals surface area contributed by atoms with Gasteiger partial charge in [-0.2, -0.15) is 0 Å². The van der Waals surface area contributed by atoms with Crippen molar-refractivity contribution < 1.29 is 19.8 Å². The van der Waals surface area contributed by atoms with Gasteiger partial charge in [-0.15, -0.1) is 0 Å². The molecular formula is C13H15NO4. The second-order valence-corrected chi connectivity index (χ2v) is 4.48. The van der Waals surface area contributed by atoms with Crippen molar-refractivity contribution in [1.82, 2.24) is 5.32 Å². The maximum Gasteiger partial charge on any atom is 0.326 e. The Morgan fingerprint density at radius 2 is 1.83 bits per heavy atom. The number of carbonyl (C=O) groups excluding carboxylic acids is 1.